The molecule has 0 bridgehead atoms. The maximum Gasteiger partial charge on any atom is 0.303 e. The van der Waals surface area contributed by atoms with E-state index in [1.54, 1.807) is 6.08 Å². The molecule has 2 rings (SSSR count). The number of carboxylic acids is 1. The van der Waals surface area contributed by atoms with Gasteiger partial charge in [-0.3, -0.25) is 9.59 Å². The van der Waals surface area contributed by atoms with Crippen molar-refractivity contribution in [3.63, 3.8) is 0 Å². The predicted octanol–water partition coefficient (Wildman–Crippen LogP) is 4.25. The minimum atomic E-state index is -0.751. The highest BCUT2D eigenvalue weighted by Crippen LogP contribution is 2.23. The molecule has 0 aliphatic carbocycles. The average Bonchev–Trinajstić information content (AvgIpc) is 3.02. The molecule has 1 heterocycles. The Balaban J connectivity index is 1.84. The molecular formula is C23H33NO4. The van der Waals surface area contributed by atoms with Gasteiger partial charge in [0.25, 0.3) is 0 Å². The van der Waals surface area contributed by atoms with Gasteiger partial charge in [0.05, 0.1) is 12.1 Å². The number of carboxylic acid groups (broad SMARTS) is 1. The van der Waals surface area contributed by atoms with E-state index >= 15 is 0 Å². The van der Waals surface area contributed by atoms with Crippen molar-refractivity contribution in [1.29, 1.82) is 0 Å². The molecule has 1 amide bonds. The van der Waals surface area contributed by atoms with Crippen LogP contribution in [0.4, 0.5) is 0 Å². The maximum absolute atomic E-state index is 12.2. The molecule has 0 spiro atoms. The SMILES string of the molecule is CCCc1cccc(C(O)/C=C/[C@H]2CCC(=O)N2CCCCCCC(=O)O)c1. The maximum atomic E-state index is 12.2. The number of hydrogen-bond donors (Lipinski definition) is 2. The zero-order valence-electron chi connectivity index (χ0n) is 16.8. The summed E-state index contributed by atoms with van der Waals surface area (Å²) in [7, 11) is 0. The molecule has 1 aliphatic heterocycles. The minimum Gasteiger partial charge on any atom is -0.481 e. The summed E-state index contributed by atoms with van der Waals surface area (Å²) in [4.78, 5) is 24.6. The van der Waals surface area contributed by atoms with E-state index < -0.39 is 12.1 Å². The second kappa shape index (κ2) is 11.6. The van der Waals surface area contributed by atoms with Crippen molar-refractivity contribution in [3.05, 3.63) is 47.5 Å². The first-order valence-corrected chi connectivity index (χ1v) is 10.5. The Bertz CT molecular complexity index is 670. The zero-order valence-corrected chi connectivity index (χ0v) is 16.8. The molecule has 2 N–H and O–H groups in total. The van der Waals surface area contributed by atoms with Gasteiger partial charge in [-0.25, -0.2) is 0 Å². The molecule has 0 aromatic heterocycles. The van der Waals surface area contributed by atoms with Crippen LogP contribution in [0, 0.1) is 0 Å². The Kier molecular flexibility index (Phi) is 9.21. The van der Waals surface area contributed by atoms with Crippen molar-refractivity contribution in [2.45, 2.75) is 76.9 Å². The number of carbonyl (C=O) groups is 2. The molecule has 1 aromatic carbocycles. The molecule has 1 aromatic rings. The molecule has 0 radical (unpaired) electrons. The highest BCUT2D eigenvalue weighted by molar-refractivity contribution is 5.79. The van der Waals surface area contributed by atoms with Crippen molar-refractivity contribution in [2.24, 2.45) is 0 Å². The Morgan fingerprint density at radius 3 is 2.82 bits per heavy atom. The van der Waals surface area contributed by atoms with Gasteiger partial charge in [-0.1, -0.05) is 62.6 Å². The lowest BCUT2D eigenvalue weighted by Gasteiger charge is -2.22. The summed E-state index contributed by atoms with van der Waals surface area (Å²) in [5.41, 5.74) is 2.12. The quantitative estimate of drug-likeness (QED) is 0.415. The van der Waals surface area contributed by atoms with Crippen molar-refractivity contribution < 1.29 is 19.8 Å². The number of hydrogen-bond acceptors (Lipinski definition) is 3. The number of unbranched alkanes of at least 4 members (excludes halogenated alkanes) is 3. The molecule has 2 atom stereocenters. The molecule has 1 unspecified atom stereocenters. The fourth-order valence-corrected chi connectivity index (χ4v) is 3.72. The van der Waals surface area contributed by atoms with Gasteiger partial charge in [0.2, 0.25) is 5.91 Å². The van der Waals surface area contributed by atoms with Crippen molar-refractivity contribution >= 4 is 11.9 Å². The van der Waals surface area contributed by atoms with Crippen LogP contribution in [0.2, 0.25) is 0 Å². The lowest BCUT2D eigenvalue weighted by atomic mass is 10.0. The second-order valence-corrected chi connectivity index (χ2v) is 7.58. The summed E-state index contributed by atoms with van der Waals surface area (Å²) in [6, 6.07) is 8.08. The molecule has 5 heteroatoms. The third kappa shape index (κ3) is 7.12. The second-order valence-electron chi connectivity index (χ2n) is 7.58. The smallest absolute Gasteiger partial charge is 0.303 e. The summed E-state index contributed by atoms with van der Waals surface area (Å²) < 4.78 is 0. The fraction of sp³-hybridized carbons (Fsp3) is 0.565. The van der Waals surface area contributed by atoms with Gasteiger partial charge in [-0.05, 0) is 36.8 Å². The number of benzene rings is 1. The Labute approximate surface area is 168 Å². The number of aliphatic carboxylic acids is 1. The van der Waals surface area contributed by atoms with E-state index in [9.17, 15) is 14.7 Å². The van der Waals surface area contributed by atoms with Gasteiger partial charge >= 0.3 is 5.97 Å². The van der Waals surface area contributed by atoms with E-state index in [0.717, 1.165) is 44.1 Å². The zero-order chi connectivity index (χ0) is 20.4. The highest BCUT2D eigenvalue weighted by Gasteiger charge is 2.28. The molecule has 1 fully saturated rings. The predicted molar refractivity (Wildman–Crippen MR) is 110 cm³/mol. The van der Waals surface area contributed by atoms with Gasteiger partial charge in [-0.15, -0.1) is 0 Å². The third-order valence-corrected chi connectivity index (χ3v) is 5.26. The van der Waals surface area contributed by atoms with Crippen LogP contribution in [0.5, 0.6) is 0 Å². The summed E-state index contributed by atoms with van der Waals surface area (Å²) in [5, 5.41) is 19.2. The number of carbonyl (C=O) groups excluding carboxylic acids is 1. The van der Waals surface area contributed by atoms with Crippen LogP contribution in [0.15, 0.2) is 36.4 Å². The van der Waals surface area contributed by atoms with Crippen molar-refractivity contribution in [2.75, 3.05) is 6.54 Å². The van der Waals surface area contributed by atoms with Gasteiger partial charge in [0.1, 0.15) is 0 Å². The van der Waals surface area contributed by atoms with Crippen LogP contribution in [0.25, 0.3) is 0 Å². The van der Waals surface area contributed by atoms with Gasteiger partial charge in [0.15, 0.2) is 0 Å². The number of likely N-dealkylation sites (tertiary alicyclic amines) is 1. The van der Waals surface area contributed by atoms with E-state index in [1.165, 1.54) is 5.56 Å². The van der Waals surface area contributed by atoms with Crippen LogP contribution < -0.4 is 0 Å². The molecule has 0 saturated carbocycles. The topological polar surface area (TPSA) is 77.8 Å². The minimum absolute atomic E-state index is 0.0417. The standard InChI is InChI=1S/C23H33NO4/c1-2-8-18-9-7-10-19(17-18)21(25)14-12-20-13-15-22(26)24(20)16-6-4-3-5-11-23(27)28/h7,9-10,12,14,17,20-21,25H,2-6,8,11,13,15-16H2,1H3,(H,27,28)/b14-12+/t20-,21?/m0/s1. The van der Waals surface area contributed by atoms with Crippen molar-refractivity contribution in [3.8, 4) is 0 Å². The average molecular weight is 388 g/mol. The third-order valence-electron chi connectivity index (χ3n) is 5.26. The normalized spacial score (nSPS) is 18.1. The fourth-order valence-electron chi connectivity index (χ4n) is 3.72. The molecule has 1 aliphatic rings. The molecule has 5 nitrogen and oxygen atoms in total. The van der Waals surface area contributed by atoms with Crippen LogP contribution in [-0.4, -0.2) is 39.6 Å². The number of aliphatic hydroxyl groups excluding tert-OH is 1. The van der Waals surface area contributed by atoms with Gasteiger partial charge in [0, 0.05) is 19.4 Å². The number of rotatable bonds is 12. The first kappa shape index (κ1) is 22.2. The largest absolute Gasteiger partial charge is 0.481 e. The Morgan fingerprint density at radius 2 is 2.07 bits per heavy atom. The monoisotopic (exact) mass is 387 g/mol. The summed E-state index contributed by atoms with van der Waals surface area (Å²) in [6.07, 6.45) is 10.1. The van der Waals surface area contributed by atoms with E-state index in [2.05, 4.69) is 13.0 Å². The number of aryl methyl sites for hydroxylation is 1. The van der Waals surface area contributed by atoms with Crippen LogP contribution >= 0.6 is 0 Å². The molecular weight excluding hydrogens is 354 g/mol. The highest BCUT2D eigenvalue weighted by atomic mass is 16.4. The Hall–Kier alpha value is -2.14. The van der Waals surface area contributed by atoms with Crippen molar-refractivity contribution in [1.82, 2.24) is 4.90 Å². The summed E-state index contributed by atoms with van der Waals surface area (Å²) in [5.74, 6) is -0.585. The van der Waals surface area contributed by atoms with Crippen LogP contribution in [-0.2, 0) is 16.0 Å². The first-order chi connectivity index (χ1) is 13.5. The first-order valence-electron chi connectivity index (χ1n) is 10.5. The lowest BCUT2D eigenvalue weighted by molar-refractivity contribution is -0.137. The van der Waals surface area contributed by atoms with Crippen LogP contribution in [0.3, 0.4) is 0 Å². The molecule has 154 valence electrons. The van der Waals surface area contributed by atoms with Gasteiger partial charge in [-0.2, -0.15) is 0 Å². The van der Waals surface area contributed by atoms with E-state index in [-0.39, 0.29) is 18.4 Å². The van der Waals surface area contributed by atoms with E-state index in [1.807, 2.05) is 29.2 Å². The summed E-state index contributed by atoms with van der Waals surface area (Å²) >= 11 is 0. The van der Waals surface area contributed by atoms with E-state index in [0.29, 0.717) is 19.4 Å². The number of nitrogens with zero attached hydrogens (tertiary/aromatic N) is 1. The van der Waals surface area contributed by atoms with E-state index in [4.69, 9.17) is 5.11 Å². The lowest BCUT2D eigenvalue weighted by Crippen LogP contribution is -2.32. The number of aliphatic hydroxyl groups is 1. The Morgan fingerprint density at radius 1 is 1.29 bits per heavy atom. The summed E-state index contributed by atoms with van der Waals surface area (Å²) in [6.45, 7) is 2.84. The number of amides is 1. The van der Waals surface area contributed by atoms with Gasteiger partial charge < -0.3 is 15.1 Å². The van der Waals surface area contributed by atoms with Crippen LogP contribution in [0.1, 0.15) is 75.5 Å². The molecule has 28 heavy (non-hydrogen) atoms. The molecule has 1 saturated heterocycles.